The lowest BCUT2D eigenvalue weighted by atomic mass is 9.69. The molecule has 0 saturated carbocycles. The van der Waals surface area contributed by atoms with E-state index >= 15 is 0 Å². The fourth-order valence-corrected chi connectivity index (χ4v) is 6.24. The Morgan fingerprint density at radius 2 is 1.54 bits per heavy atom. The molecule has 0 aromatic heterocycles. The standard InChI is InChI=1S/C29H31F3N2O/c1-33(24-13-6-7-14-25(24)35-2)27-21-15-17-34(18-16-21)28(27)26(20-9-4-3-5-10-20)22-11-8-12-23(19-22)29(30,31)32/h3-14,19,21,26-28H,15-18H2,1-2H3/t26-,27+,28+/m0/s1. The van der Waals surface area contributed by atoms with E-state index in [0.717, 1.165) is 49.0 Å². The van der Waals surface area contributed by atoms with Gasteiger partial charge in [-0.05, 0) is 61.2 Å². The summed E-state index contributed by atoms with van der Waals surface area (Å²) in [6, 6.07) is 24.1. The monoisotopic (exact) mass is 480 g/mol. The summed E-state index contributed by atoms with van der Waals surface area (Å²) in [5, 5.41) is 0. The van der Waals surface area contributed by atoms with Gasteiger partial charge in [-0.15, -0.1) is 0 Å². The van der Waals surface area contributed by atoms with Gasteiger partial charge in [-0.2, -0.15) is 13.2 Å². The molecule has 0 radical (unpaired) electrons. The van der Waals surface area contributed by atoms with Crippen LogP contribution in [-0.2, 0) is 6.18 Å². The third-order valence-corrected chi connectivity index (χ3v) is 7.81. The Hall–Kier alpha value is -2.99. The Bertz CT molecular complexity index is 1140. The van der Waals surface area contributed by atoms with Crippen molar-refractivity contribution in [2.75, 3.05) is 32.1 Å². The normalized spacial score (nSPS) is 24.7. The van der Waals surface area contributed by atoms with Crippen LogP contribution in [0, 0.1) is 5.92 Å². The molecule has 0 spiro atoms. The van der Waals surface area contributed by atoms with Crippen molar-refractivity contribution in [1.29, 1.82) is 0 Å². The number of rotatable bonds is 6. The van der Waals surface area contributed by atoms with E-state index in [2.05, 4.69) is 35.0 Å². The first-order chi connectivity index (χ1) is 16.9. The molecule has 0 unspecified atom stereocenters. The Morgan fingerprint density at radius 1 is 0.886 bits per heavy atom. The average Bonchev–Trinajstić information content (AvgIpc) is 2.89. The quantitative estimate of drug-likeness (QED) is 0.404. The molecule has 3 nitrogen and oxygen atoms in total. The maximum atomic E-state index is 13.7. The molecule has 184 valence electrons. The van der Waals surface area contributed by atoms with Crippen LogP contribution in [0.5, 0.6) is 5.75 Å². The Kier molecular flexibility index (Phi) is 6.49. The second kappa shape index (κ2) is 9.57. The van der Waals surface area contributed by atoms with Crippen molar-refractivity contribution in [3.63, 3.8) is 0 Å². The Balaban J connectivity index is 1.64. The summed E-state index contributed by atoms with van der Waals surface area (Å²) in [5.74, 6) is 1.07. The third kappa shape index (κ3) is 4.52. The highest BCUT2D eigenvalue weighted by Crippen LogP contribution is 2.46. The number of alkyl halides is 3. The van der Waals surface area contributed by atoms with Crippen molar-refractivity contribution in [3.05, 3.63) is 95.6 Å². The first-order valence-electron chi connectivity index (χ1n) is 12.2. The topological polar surface area (TPSA) is 15.7 Å². The van der Waals surface area contributed by atoms with Gasteiger partial charge in [-0.1, -0.05) is 60.7 Å². The number of piperidine rings is 3. The van der Waals surface area contributed by atoms with Gasteiger partial charge in [0.15, 0.2) is 0 Å². The predicted octanol–water partition coefficient (Wildman–Crippen LogP) is 6.45. The number of hydrogen-bond acceptors (Lipinski definition) is 3. The van der Waals surface area contributed by atoms with Gasteiger partial charge in [0, 0.05) is 25.0 Å². The van der Waals surface area contributed by atoms with Crippen LogP contribution in [0.25, 0.3) is 0 Å². The zero-order valence-electron chi connectivity index (χ0n) is 20.1. The van der Waals surface area contributed by atoms with Crippen molar-refractivity contribution in [1.82, 2.24) is 4.90 Å². The van der Waals surface area contributed by atoms with Crippen molar-refractivity contribution in [2.45, 2.75) is 37.0 Å². The number of likely N-dealkylation sites (N-methyl/N-ethyl adjacent to an activating group) is 1. The molecule has 0 aliphatic carbocycles. The summed E-state index contributed by atoms with van der Waals surface area (Å²) in [5.41, 5.74) is 2.17. The number of hydrogen-bond donors (Lipinski definition) is 0. The molecule has 3 fully saturated rings. The van der Waals surface area contributed by atoms with Crippen LogP contribution in [0.15, 0.2) is 78.9 Å². The Morgan fingerprint density at radius 3 is 2.23 bits per heavy atom. The van der Waals surface area contributed by atoms with E-state index in [4.69, 9.17) is 4.74 Å². The molecule has 2 bridgehead atoms. The summed E-state index contributed by atoms with van der Waals surface area (Å²) < 4.78 is 46.8. The minimum atomic E-state index is -4.38. The predicted molar refractivity (Wildman–Crippen MR) is 133 cm³/mol. The molecular formula is C29H31F3N2O. The van der Waals surface area contributed by atoms with Crippen molar-refractivity contribution >= 4 is 5.69 Å². The highest BCUT2D eigenvalue weighted by atomic mass is 19.4. The van der Waals surface area contributed by atoms with Gasteiger partial charge in [0.05, 0.1) is 18.4 Å². The molecule has 35 heavy (non-hydrogen) atoms. The van der Waals surface area contributed by atoms with Crippen LogP contribution in [-0.4, -0.2) is 44.2 Å². The zero-order chi connectivity index (χ0) is 24.6. The number of halogens is 3. The van der Waals surface area contributed by atoms with E-state index < -0.39 is 11.7 Å². The van der Waals surface area contributed by atoms with Crippen molar-refractivity contribution in [2.24, 2.45) is 5.92 Å². The van der Waals surface area contributed by atoms with Crippen LogP contribution in [0.1, 0.15) is 35.4 Å². The fraction of sp³-hybridized carbons (Fsp3) is 0.379. The Labute approximate surface area is 205 Å². The van der Waals surface area contributed by atoms with Crippen molar-refractivity contribution < 1.29 is 17.9 Å². The number of para-hydroxylation sites is 2. The van der Waals surface area contributed by atoms with Crippen LogP contribution < -0.4 is 9.64 Å². The largest absolute Gasteiger partial charge is 0.495 e. The second-order valence-corrected chi connectivity index (χ2v) is 9.65. The second-order valence-electron chi connectivity index (χ2n) is 9.65. The highest BCUT2D eigenvalue weighted by Gasteiger charge is 2.48. The number of benzene rings is 3. The summed E-state index contributed by atoms with van der Waals surface area (Å²) in [6.07, 6.45) is -2.20. The van der Waals surface area contributed by atoms with Crippen LogP contribution in [0.2, 0.25) is 0 Å². The first-order valence-corrected chi connectivity index (χ1v) is 12.2. The van der Waals surface area contributed by atoms with Gasteiger partial charge in [-0.3, -0.25) is 4.90 Å². The lowest BCUT2D eigenvalue weighted by Crippen LogP contribution is -2.65. The lowest BCUT2D eigenvalue weighted by molar-refractivity contribution is -0.137. The van der Waals surface area contributed by atoms with Crippen LogP contribution in [0.4, 0.5) is 18.9 Å². The van der Waals surface area contributed by atoms with E-state index in [1.807, 2.05) is 42.5 Å². The van der Waals surface area contributed by atoms with Gasteiger partial charge in [0.25, 0.3) is 0 Å². The molecular weight excluding hydrogens is 449 g/mol. The van der Waals surface area contributed by atoms with Gasteiger partial charge in [0.2, 0.25) is 0 Å². The number of anilines is 1. The summed E-state index contributed by atoms with van der Waals surface area (Å²) in [6.45, 7) is 1.93. The van der Waals surface area contributed by atoms with Gasteiger partial charge < -0.3 is 9.64 Å². The van der Waals surface area contributed by atoms with E-state index in [9.17, 15) is 13.2 Å². The number of fused-ring (bicyclic) bond motifs is 3. The molecule has 6 rings (SSSR count). The molecule has 6 heteroatoms. The zero-order valence-corrected chi connectivity index (χ0v) is 20.1. The van der Waals surface area contributed by atoms with E-state index in [-0.39, 0.29) is 18.0 Å². The number of methoxy groups -OCH3 is 1. The maximum Gasteiger partial charge on any atom is 0.416 e. The minimum Gasteiger partial charge on any atom is -0.495 e. The smallest absolute Gasteiger partial charge is 0.416 e. The number of ether oxygens (including phenoxy) is 1. The summed E-state index contributed by atoms with van der Waals surface area (Å²) in [7, 11) is 3.78. The molecule has 3 saturated heterocycles. The summed E-state index contributed by atoms with van der Waals surface area (Å²) >= 11 is 0. The molecule has 3 heterocycles. The molecule has 3 aromatic carbocycles. The maximum absolute atomic E-state index is 13.7. The van der Waals surface area contributed by atoms with E-state index in [1.54, 1.807) is 13.2 Å². The van der Waals surface area contributed by atoms with E-state index in [0.29, 0.717) is 11.5 Å². The van der Waals surface area contributed by atoms with Crippen LogP contribution >= 0.6 is 0 Å². The minimum absolute atomic E-state index is 0.0308. The molecule has 0 N–H and O–H groups in total. The van der Waals surface area contributed by atoms with Crippen LogP contribution in [0.3, 0.4) is 0 Å². The first kappa shape index (κ1) is 23.7. The average molecular weight is 481 g/mol. The molecule has 3 atom stereocenters. The molecule has 0 amide bonds. The summed E-state index contributed by atoms with van der Waals surface area (Å²) in [4.78, 5) is 4.80. The van der Waals surface area contributed by atoms with Crippen molar-refractivity contribution in [3.8, 4) is 5.75 Å². The molecule has 3 aliphatic rings. The van der Waals surface area contributed by atoms with Gasteiger partial charge in [0.1, 0.15) is 5.75 Å². The lowest BCUT2D eigenvalue weighted by Gasteiger charge is -2.56. The molecule has 3 aromatic rings. The van der Waals surface area contributed by atoms with E-state index in [1.165, 1.54) is 6.07 Å². The third-order valence-electron chi connectivity index (χ3n) is 7.81. The SMILES string of the molecule is COc1ccccc1N(C)[C@@H]1C2CCN(CC2)[C@@H]1[C@@H](c1ccccc1)c1cccc(C(F)(F)F)c1. The number of nitrogens with zero attached hydrogens (tertiary/aromatic N) is 2. The molecule has 3 aliphatic heterocycles. The van der Waals surface area contributed by atoms with Gasteiger partial charge in [-0.25, -0.2) is 0 Å². The fourth-order valence-electron chi connectivity index (χ4n) is 6.24. The van der Waals surface area contributed by atoms with Gasteiger partial charge >= 0.3 is 6.18 Å². The highest BCUT2D eigenvalue weighted by molar-refractivity contribution is 5.59.